The average molecular weight is 376 g/mol. The first-order valence-electron chi connectivity index (χ1n) is 6.33. The number of carbonyl (C=O) groups excluding carboxylic acids is 3. The Balaban J connectivity index is 2.26. The molecule has 1 heterocycles. The minimum atomic E-state index is -4.83. The third kappa shape index (κ3) is 3.88. The quantitative estimate of drug-likeness (QED) is 0.229. The van der Waals surface area contributed by atoms with Gasteiger partial charge in [-0.05, 0) is 24.4 Å². The van der Waals surface area contributed by atoms with Crippen molar-refractivity contribution < 1.29 is 32.5 Å². The van der Waals surface area contributed by atoms with Gasteiger partial charge in [-0.2, -0.15) is 13.2 Å². The Morgan fingerprint density at radius 3 is 2.44 bits per heavy atom. The van der Waals surface area contributed by atoms with Gasteiger partial charge in [0.1, 0.15) is 5.69 Å². The Morgan fingerprint density at radius 2 is 1.96 bits per heavy atom. The van der Waals surface area contributed by atoms with E-state index in [1.165, 1.54) is 0 Å². The first kappa shape index (κ1) is 18.3. The highest BCUT2D eigenvalue weighted by atomic mass is 32.1. The van der Waals surface area contributed by atoms with Gasteiger partial charge in [0.05, 0.1) is 10.5 Å². The van der Waals surface area contributed by atoms with E-state index < -0.39 is 51.7 Å². The van der Waals surface area contributed by atoms with Gasteiger partial charge in [-0.3, -0.25) is 24.5 Å². The molecular weight excluding hydrogens is 369 g/mol. The molecule has 1 atom stereocenters. The van der Waals surface area contributed by atoms with E-state index >= 15 is 0 Å². The van der Waals surface area contributed by atoms with Gasteiger partial charge in [-0.15, -0.1) is 0 Å². The number of alkyl halides is 3. The molecule has 1 fully saturated rings. The van der Waals surface area contributed by atoms with Crippen LogP contribution >= 0.6 is 12.2 Å². The Hall–Kier alpha value is -3.09. The number of nitro benzene ring substituents is 1. The lowest BCUT2D eigenvalue weighted by molar-refractivity contribution is -0.384. The summed E-state index contributed by atoms with van der Waals surface area (Å²) in [5, 5.41) is 16.8. The summed E-state index contributed by atoms with van der Waals surface area (Å²) in [4.78, 5) is 44.9. The van der Waals surface area contributed by atoms with Gasteiger partial charge in [0.2, 0.25) is 0 Å². The number of nitro groups is 1. The summed E-state index contributed by atoms with van der Waals surface area (Å²) < 4.78 is 37.8. The van der Waals surface area contributed by atoms with Crippen LogP contribution in [0.2, 0.25) is 0 Å². The molecule has 0 unspecified atom stereocenters. The van der Waals surface area contributed by atoms with Gasteiger partial charge in [0, 0.05) is 6.07 Å². The normalized spacial score (nSPS) is 16.8. The van der Waals surface area contributed by atoms with E-state index in [9.17, 15) is 37.7 Å². The average Bonchev–Trinajstić information content (AvgIpc) is 2.84. The second-order valence-electron chi connectivity index (χ2n) is 4.70. The smallest absolute Gasteiger partial charge is 0.344 e. The molecule has 1 aliphatic heterocycles. The van der Waals surface area contributed by atoms with Crippen LogP contribution in [-0.2, 0) is 20.6 Å². The molecule has 0 aliphatic carbocycles. The molecular formula is C12H7F3N4O5S. The summed E-state index contributed by atoms with van der Waals surface area (Å²) in [7, 11) is 0. The van der Waals surface area contributed by atoms with Crippen LogP contribution in [-0.4, -0.2) is 33.7 Å². The Bertz CT molecular complexity index is 810. The van der Waals surface area contributed by atoms with Crippen molar-refractivity contribution in [2.45, 2.75) is 12.2 Å². The van der Waals surface area contributed by atoms with E-state index in [0.717, 1.165) is 0 Å². The maximum absolute atomic E-state index is 12.6. The van der Waals surface area contributed by atoms with Crippen LogP contribution in [0.3, 0.4) is 0 Å². The third-order valence-electron chi connectivity index (χ3n) is 3.03. The molecule has 1 aromatic rings. The van der Waals surface area contributed by atoms with Crippen molar-refractivity contribution in [3.8, 4) is 0 Å². The molecule has 2 amide bonds. The van der Waals surface area contributed by atoms with Crippen LogP contribution in [0.5, 0.6) is 0 Å². The van der Waals surface area contributed by atoms with Gasteiger partial charge in [-0.1, -0.05) is 0 Å². The standard InChI is InChI=1S/C12H7F3N4O5S/c13-12(14,15)4-1-2-5(6(3-4)19(23)24)16-10(22)8(20)7-9(21)18-11(25)17-7/h1-3,7H,(H,16,22)(H2,17,18,21,25)/t7-/m1/s1. The first-order chi connectivity index (χ1) is 11.5. The first-order valence-corrected chi connectivity index (χ1v) is 6.73. The molecule has 0 aromatic heterocycles. The lowest BCUT2D eigenvalue weighted by Crippen LogP contribution is -2.43. The van der Waals surface area contributed by atoms with Crippen molar-refractivity contribution in [3.05, 3.63) is 33.9 Å². The Labute approximate surface area is 141 Å². The number of hydrogen-bond donors (Lipinski definition) is 3. The second-order valence-corrected chi connectivity index (χ2v) is 5.11. The minimum Gasteiger partial charge on any atom is -0.344 e. The molecule has 2 rings (SSSR count). The fourth-order valence-electron chi connectivity index (χ4n) is 1.88. The largest absolute Gasteiger partial charge is 0.416 e. The summed E-state index contributed by atoms with van der Waals surface area (Å²) in [5.41, 5.74) is -2.99. The van der Waals surface area contributed by atoms with Crippen LogP contribution < -0.4 is 16.0 Å². The molecule has 9 nitrogen and oxygen atoms in total. The predicted octanol–water partition coefficient (Wildman–Crippen LogP) is 0.494. The van der Waals surface area contributed by atoms with Gasteiger partial charge in [0.25, 0.3) is 23.3 Å². The lowest BCUT2D eigenvalue weighted by atomic mass is 10.1. The molecule has 0 saturated carbocycles. The molecule has 0 bridgehead atoms. The Kier molecular flexibility index (Phi) is 4.69. The van der Waals surface area contributed by atoms with Gasteiger partial charge in [-0.25, -0.2) is 0 Å². The van der Waals surface area contributed by atoms with Crippen molar-refractivity contribution in [3.63, 3.8) is 0 Å². The lowest BCUT2D eigenvalue weighted by Gasteiger charge is -2.10. The number of halogens is 3. The van der Waals surface area contributed by atoms with Gasteiger partial charge in [0.15, 0.2) is 11.2 Å². The number of Topliss-reactive ketones (excluding diaryl/α,β-unsaturated/α-hetero) is 1. The number of nitrogens with zero attached hydrogens (tertiary/aromatic N) is 1. The molecule has 0 spiro atoms. The highest BCUT2D eigenvalue weighted by molar-refractivity contribution is 7.80. The number of anilines is 1. The maximum atomic E-state index is 12.6. The molecule has 13 heteroatoms. The van der Waals surface area contributed by atoms with E-state index in [1.807, 2.05) is 5.32 Å². The zero-order valence-corrected chi connectivity index (χ0v) is 12.7. The summed E-state index contributed by atoms with van der Waals surface area (Å²) in [6.45, 7) is 0. The van der Waals surface area contributed by atoms with Crippen LogP contribution in [0, 0.1) is 10.1 Å². The molecule has 1 aromatic carbocycles. The highest BCUT2D eigenvalue weighted by Gasteiger charge is 2.38. The molecule has 1 aliphatic rings. The number of benzene rings is 1. The number of nitrogens with one attached hydrogen (secondary N) is 3. The minimum absolute atomic E-state index is 0.184. The number of amides is 2. The fraction of sp³-hybridized carbons (Fsp3) is 0.167. The van der Waals surface area contributed by atoms with E-state index in [4.69, 9.17) is 0 Å². The summed E-state index contributed by atoms with van der Waals surface area (Å²) in [5.74, 6) is -3.64. The van der Waals surface area contributed by atoms with E-state index in [1.54, 1.807) is 0 Å². The SMILES string of the molecule is O=C(Nc1ccc(C(F)(F)F)cc1[N+](=O)[O-])C(=O)[C@H]1NC(=S)NC1=O. The van der Waals surface area contributed by atoms with Crippen molar-refractivity contribution in [1.29, 1.82) is 0 Å². The highest BCUT2D eigenvalue weighted by Crippen LogP contribution is 2.34. The number of rotatable bonds is 4. The van der Waals surface area contributed by atoms with Crippen molar-refractivity contribution >= 4 is 46.3 Å². The van der Waals surface area contributed by atoms with Gasteiger partial charge < -0.3 is 16.0 Å². The number of thiocarbonyl (C=S) groups is 1. The van der Waals surface area contributed by atoms with Crippen molar-refractivity contribution in [2.75, 3.05) is 5.32 Å². The van der Waals surface area contributed by atoms with Crippen LogP contribution in [0.1, 0.15) is 5.56 Å². The zero-order chi connectivity index (χ0) is 18.9. The number of hydrogen-bond acceptors (Lipinski definition) is 6. The van der Waals surface area contributed by atoms with Crippen LogP contribution in [0.15, 0.2) is 18.2 Å². The molecule has 25 heavy (non-hydrogen) atoms. The van der Waals surface area contributed by atoms with Gasteiger partial charge >= 0.3 is 6.18 Å². The second kappa shape index (κ2) is 6.43. The number of ketones is 1. The topological polar surface area (TPSA) is 130 Å². The summed E-state index contributed by atoms with van der Waals surface area (Å²) in [6, 6.07) is -0.266. The molecule has 3 N–H and O–H groups in total. The molecule has 1 saturated heterocycles. The van der Waals surface area contributed by atoms with Crippen LogP contribution in [0.25, 0.3) is 0 Å². The van der Waals surface area contributed by atoms with E-state index in [0.29, 0.717) is 12.1 Å². The van der Waals surface area contributed by atoms with Crippen LogP contribution in [0.4, 0.5) is 24.5 Å². The van der Waals surface area contributed by atoms with Crippen molar-refractivity contribution in [2.24, 2.45) is 0 Å². The van der Waals surface area contributed by atoms with E-state index in [-0.39, 0.29) is 11.2 Å². The summed E-state index contributed by atoms with van der Waals surface area (Å²) in [6.07, 6.45) is -4.83. The van der Waals surface area contributed by atoms with Crippen molar-refractivity contribution in [1.82, 2.24) is 10.6 Å². The Morgan fingerprint density at radius 1 is 1.32 bits per heavy atom. The third-order valence-corrected chi connectivity index (χ3v) is 3.25. The molecule has 0 radical (unpaired) electrons. The zero-order valence-electron chi connectivity index (χ0n) is 11.8. The maximum Gasteiger partial charge on any atom is 0.416 e. The fourth-order valence-corrected chi connectivity index (χ4v) is 2.10. The molecule has 132 valence electrons. The predicted molar refractivity (Wildman–Crippen MR) is 79.4 cm³/mol. The number of carbonyl (C=O) groups is 3. The summed E-state index contributed by atoms with van der Waals surface area (Å²) >= 11 is 4.59. The van der Waals surface area contributed by atoms with E-state index in [2.05, 4.69) is 22.9 Å². The monoisotopic (exact) mass is 376 g/mol.